The topological polar surface area (TPSA) is 84.0 Å². The summed E-state index contributed by atoms with van der Waals surface area (Å²) >= 11 is 0. The van der Waals surface area contributed by atoms with Crippen molar-refractivity contribution in [2.45, 2.75) is 30.6 Å². The van der Waals surface area contributed by atoms with Gasteiger partial charge in [0, 0.05) is 31.7 Å². The van der Waals surface area contributed by atoms with Crippen LogP contribution in [0, 0.1) is 5.92 Å². The summed E-state index contributed by atoms with van der Waals surface area (Å²) in [7, 11) is -2.19. The van der Waals surface area contributed by atoms with Crippen LogP contribution in [0.25, 0.3) is 0 Å². The first-order chi connectivity index (χ1) is 11.9. The molecule has 25 heavy (non-hydrogen) atoms. The van der Waals surface area contributed by atoms with Crippen molar-refractivity contribution in [2.24, 2.45) is 5.92 Å². The van der Waals surface area contributed by atoms with Crippen LogP contribution in [0.1, 0.15) is 25.7 Å². The fourth-order valence-electron chi connectivity index (χ4n) is 3.33. The van der Waals surface area contributed by atoms with Gasteiger partial charge >= 0.3 is 5.97 Å². The van der Waals surface area contributed by atoms with Crippen LogP contribution in [0.3, 0.4) is 0 Å². The molecule has 1 amide bonds. The number of esters is 1. The maximum atomic E-state index is 12.6. The van der Waals surface area contributed by atoms with Gasteiger partial charge in [0.1, 0.15) is 0 Å². The van der Waals surface area contributed by atoms with E-state index in [1.165, 1.54) is 28.4 Å². The number of ether oxygens (including phenoxy) is 1. The van der Waals surface area contributed by atoms with Crippen molar-refractivity contribution in [3.05, 3.63) is 24.3 Å². The molecule has 2 aliphatic heterocycles. The van der Waals surface area contributed by atoms with E-state index in [0.29, 0.717) is 18.8 Å². The number of hydrogen-bond donors (Lipinski definition) is 0. The molecule has 0 spiro atoms. The summed E-state index contributed by atoms with van der Waals surface area (Å²) in [5.41, 5.74) is 0.592. The first-order valence-electron chi connectivity index (χ1n) is 8.42. The van der Waals surface area contributed by atoms with Gasteiger partial charge in [0.25, 0.3) is 0 Å². The fourth-order valence-corrected chi connectivity index (χ4v) is 4.85. The Morgan fingerprint density at radius 3 is 2.36 bits per heavy atom. The number of hydrogen-bond acceptors (Lipinski definition) is 5. The summed E-state index contributed by atoms with van der Waals surface area (Å²) in [6, 6.07) is 6.29. The third-order valence-electron chi connectivity index (χ3n) is 4.76. The summed E-state index contributed by atoms with van der Waals surface area (Å²) < 4.78 is 31.5. The molecule has 0 saturated carbocycles. The first kappa shape index (κ1) is 17.9. The van der Waals surface area contributed by atoms with Crippen molar-refractivity contribution in [3.8, 4) is 0 Å². The molecule has 1 aromatic rings. The van der Waals surface area contributed by atoms with E-state index >= 15 is 0 Å². The fraction of sp³-hybridized carbons (Fsp3) is 0.529. The van der Waals surface area contributed by atoms with Crippen molar-refractivity contribution in [3.63, 3.8) is 0 Å². The molecule has 1 atom stereocenters. The monoisotopic (exact) mass is 366 g/mol. The number of carbonyl (C=O) groups excluding carboxylic acids is 2. The maximum absolute atomic E-state index is 12.6. The lowest BCUT2D eigenvalue weighted by atomic mass is 10.1. The summed E-state index contributed by atoms with van der Waals surface area (Å²) in [6.07, 6.45) is 2.94. The average Bonchev–Trinajstić information content (AvgIpc) is 3.03. The Kier molecular flexibility index (Phi) is 5.10. The maximum Gasteiger partial charge on any atom is 0.311 e. The Morgan fingerprint density at radius 2 is 1.76 bits per heavy atom. The van der Waals surface area contributed by atoms with E-state index in [4.69, 9.17) is 4.74 Å². The highest BCUT2D eigenvalue weighted by Gasteiger charge is 2.36. The Hall–Kier alpha value is -1.93. The predicted octanol–water partition coefficient (Wildman–Crippen LogP) is 1.39. The lowest BCUT2D eigenvalue weighted by Crippen LogP contribution is -2.35. The molecule has 2 fully saturated rings. The minimum Gasteiger partial charge on any atom is -0.469 e. The van der Waals surface area contributed by atoms with Crippen LogP contribution < -0.4 is 4.90 Å². The molecule has 7 nitrogen and oxygen atoms in total. The van der Waals surface area contributed by atoms with Crippen LogP contribution in [-0.2, 0) is 24.3 Å². The number of benzene rings is 1. The highest BCUT2D eigenvalue weighted by molar-refractivity contribution is 7.89. The van der Waals surface area contributed by atoms with Crippen LogP contribution in [-0.4, -0.2) is 51.3 Å². The van der Waals surface area contributed by atoms with Crippen molar-refractivity contribution < 1.29 is 22.7 Å². The number of anilines is 1. The zero-order valence-electron chi connectivity index (χ0n) is 14.2. The largest absolute Gasteiger partial charge is 0.469 e. The molecule has 8 heteroatoms. The molecule has 2 saturated heterocycles. The van der Waals surface area contributed by atoms with Crippen LogP contribution in [0.5, 0.6) is 0 Å². The summed E-state index contributed by atoms with van der Waals surface area (Å²) in [5.74, 6) is -1.04. The molecular weight excluding hydrogens is 344 g/mol. The second-order valence-electron chi connectivity index (χ2n) is 6.39. The number of amides is 1. The molecule has 0 aromatic heterocycles. The van der Waals surface area contributed by atoms with Crippen molar-refractivity contribution >= 4 is 27.6 Å². The molecule has 1 aromatic carbocycles. The minimum absolute atomic E-state index is 0.112. The normalized spacial score (nSPS) is 22.2. The quantitative estimate of drug-likeness (QED) is 0.752. The molecule has 0 bridgehead atoms. The molecule has 136 valence electrons. The lowest BCUT2D eigenvalue weighted by molar-refractivity contribution is -0.145. The van der Waals surface area contributed by atoms with Gasteiger partial charge in [-0.15, -0.1) is 0 Å². The Balaban J connectivity index is 1.76. The van der Waals surface area contributed by atoms with Gasteiger partial charge in [0.2, 0.25) is 15.9 Å². The summed E-state index contributed by atoms with van der Waals surface area (Å²) in [4.78, 5) is 25.5. The highest BCUT2D eigenvalue weighted by Crippen LogP contribution is 2.28. The molecule has 0 aliphatic carbocycles. The van der Waals surface area contributed by atoms with Crippen molar-refractivity contribution in [1.82, 2.24) is 4.31 Å². The first-order valence-corrected chi connectivity index (χ1v) is 9.86. The van der Waals surface area contributed by atoms with Gasteiger partial charge in [-0.3, -0.25) is 9.59 Å². The van der Waals surface area contributed by atoms with Gasteiger partial charge in [-0.1, -0.05) is 6.42 Å². The van der Waals surface area contributed by atoms with Gasteiger partial charge in [-0.25, -0.2) is 8.42 Å². The zero-order valence-corrected chi connectivity index (χ0v) is 15.0. The lowest BCUT2D eigenvalue weighted by Gasteiger charge is -2.26. The highest BCUT2D eigenvalue weighted by atomic mass is 32.2. The third kappa shape index (κ3) is 3.55. The third-order valence-corrected chi connectivity index (χ3v) is 6.67. The average molecular weight is 366 g/mol. The number of nitrogens with zero attached hydrogens (tertiary/aromatic N) is 2. The second-order valence-corrected chi connectivity index (χ2v) is 8.33. The molecular formula is C17H22N2O5S. The second kappa shape index (κ2) is 7.13. The predicted molar refractivity (Wildman–Crippen MR) is 91.5 cm³/mol. The Bertz CT molecular complexity index is 754. The van der Waals surface area contributed by atoms with Gasteiger partial charge < -0.3 is 9.64 Å². The van der Waals surface area contributed by atoms with E-state index in [0.717, 1.165) is 19.3 Å². The minimum atomic E-state index is -3.49. The van der Waals surface area contributed by atoms with Crippen molar-refractivity contribution in [2.75, 3.05) is 31.6 Å². The van der Waals surface area contributed by atoms with E-state index in [1.54, 1.807) is 12.1 Å². The van der Waals surface area contributed by atoms with Gasteiger partial charge in [-0.2, -0.15) is 4.31 Å². The molecule has 2 heterocycles. The van der Waals surface area contributed by atoms with E-state index in [-0.39, 0.29) is 23.8 Å². The van der Waals surface area contributed by atoms with E-state index in [9.17, 15) is 18.0 Å². The van der Waals surface area contributed by atoms with Crippen LogP contribution >= 0.6 is 0 Å². The molecule has 3 rings (SSSR count). The summed E-state index contributed by atoms with van der Waals surface area (Å²) in [6.45, 7) is 1.36. The van der Waals surface area contributed by atoms with Crippen LogP contribution in [0.4, 0.5) is 5.69 Å². The van der Waals surface area contributed by atoms with E-state index < -0.39 is 21.9 Å². The van der Waals surface area contributed by atoms with E-state index in [1.807, 2.05) is 0 Å². The van der Waals surface area contributed by atoms with Gasteiger partial charge in [0.15, 0.2) is 0 Å². The van der Waals surface area contributed by atoms with Crippen molar-refractivity contribution in [1.29, 1.82) is 0 Å². The standard InChI is InChI=1S/C17H22N2O5S/c1-24-17(21)13-11-16(20)19(12-13)14-5-7-15(8-6-14)25(22,23)18-9-3-2-4-10-18/h5-8,13H,2-4,9-12H2,1H3/t13-/m0/s1. The Morgan fingerprint density at radius 1 is 1.12 bits per heavy atom. The number of sulfonamides is 1. The SMILES string of the molecule is COC(=O)[C@H]1CC(=O)N(c2ccc(S(=O)(=O)N3CCCCC3)cc2)C1. The van der Waals surface area contributed by atoms with Crippen LogP contribution in [0.2, 0.25) is 0 Å². The van der Waals surface area contributed by atoms with Gasteiger partial charge in [0.05, 0.1) is 17.9 Å². The van der Waals surface area contributed by atoms with Crippen LogP contribution in [0.15, 0.2) is 29.2 Å². The molecule has 0 unspecified atom stereocenters. The van der Waals surface area contributed by atoms with Gasteiger partial charge in [-0.05, 0) is 37.1 Å². The smallest absolute Gasteiger partial charge is 0.311 e. The number of methoxy groups -OCH3 is 1. The number of carbonyl (C=O) groups is 2. The number of rotatable bonds is 4. The molecule has 0 N–H and O–H groups in total. The molecule has 2 aliphatic rings. The Labute approximate surface area is 147 Å². The zero-order chi connectivity index (χ0) is 18.0. The number of piperidine rings is 1. The molecule has 0 radical (unpaired) electrons. The summed E-state index contributed by atoms with van der Waals surface area (Å²) in [5, 5.41) is 0. The van der Waals surface area contributed by atoms with E-state index in [2.05, 4.69) is 0 Å².